The van der Waals surface area contributed by atoms with E-state index in [0.29, 0.717) is 0 Å². The van der Waals surface area contributed by atoms with Crippen LogP contribution in [-0.2, 0) is 12.6 Å². The lowest BCUT2D eigenvalue weighted by molar-refractivity contribution is -0.141. The minimum atomic E-state index is -4.54. The van der Waals surface area contributed by atoms with Gasteiger partial charge in [0.05, 0.1) is 6.04 Å². The van der Waals surface area contributed by atoms with E-state index in [-0.39, 0.29) is 23.6 Å². The molecule has 0 amide bonds. The van der Waals surface area contributed by atoms with Gasteiger partial charge in [0, 0.05) is 6.07 Å². The highest BCUT2D eigenvalue weighted by atomic mass is 19.4. The Hall–Kier alpha value is -2.64. The zero-order valence-electron chi connectivity index (χ0n) is 13.5. The first kappa shape index (κ1) is 15.9. The summed E-state index contributed by atoms with van der Waals surface area (Å²) < 4.78 is 40.8. The Labute approximate surface area is 141 Å². The second kappa shape index (κ2) is 5.72. The molecular formula is C17H16F3N5. The maximum absolute atomic E-state index is 13.1. The van der Waals surface area contributed by atoms with Gasteiger partial charge in [-0.2, -0.15) is 27.8 Å². The van der Waals surface area contributed by atoms with Crippen molar-refractivity contribution < 1.29 is 13.2 Å². The van der Waals surface area contributed by atoms with Crippen molar-refractivity contribution in [3.05, 3.63) is 53.5 Å². The number of hydrogen-bond donors (Lipinski definition) is 1. The largest absolute Gasteiger partial charge is 0.433 e. The zero-order chi connectivity index (χ0) is 17.6. The normalized spacial score (nSPS) is 20.5. The van der Waals surface area contributed by atoms with E-state index in [1.807, 2.05) is 18.2 Å². The van der Waals surface area contributed by atoms with Gasteiger partial charge in [-0.1, -0.05) is 31.2 Å². The molecule has 1 aromatic carbocycles. The molecule has 130 valence electrons. The second-order valence-corrected chi connectivity index (χ2v) is 6.33. The predicted molar refractivity (Wildman–Crippen MR) is 86.1 cm³/mol. The van der Waals surface area contributed by atoms with Crippen molar-refractivity contribution in [2.24, 2.45) is 5.92 Å². The van der Waals surface area contributed by atoms with E-state index >= 15 is 0 Å². The Morgan fingerprint density at radius 1 is 1.24 bits per heavy atom. The lowest BCUT2D eigenvalue weighted by Gasteiger charge is -2.32. The van der Waals surface area contributed by atoms with Crippen LogP contribution in [0.2, 0.25) is 0 Å². The molecule has 0 aliphatic heterocycles. The molecule has 1 N–H and O–H groups in total. The van der Waals surface area contributed by atoms with E-state index in [9.17, 15) is 13.2 Å². The third-order valence-electron chi connectivity index (χ3n) is 4.67. The average Bonchev–Trinajstić information content (AvgIpc) is 3.05. The fourth-order valence-electron chi connectivity index (χ4n) is 3.36. The van der Waals surface area contributed by atoms with Crippen LogP contribution >= 0.6 is 0 Å². The first-order valence-electron chi connectivity index (χ1n) is 8.06. The summed E-state index contributed by atoms with van der Waals surface area (Å²) in [4.78, 5) is 7.36. The van der Waals surface area contributed by atoms with Gasteiger partial charge in [-0.05, 0) is 29.9 Å². The summed E-state index contributed by atoms with van der Waals surface area (Å²) in [5.41, 5.74) is 1.35. The van der Waals surface area contributed by atoms with Crippen molar-refractivity contribution >= 4 is 11.6 Å². The van der Waals surface area contributed by atoms with Gasteiger partial charge in [0.2, 0.25) is 0 Å². The zero-order valence-corrected chi connectivity index (χ0v) is 13.5. The van der Waals surface area contributed by atoms with Crippen LogP contribution < -0.4 is 5.32 Å². The minimum Gasteiger partial charge on any atom is -0.363 e. The highest BCUT2D eigenvalue weighted by Crippen LogP contribution is 2.37. The van der Waals surface area contributed by atoms with E-state index in [1.54, 1.807) is 0 Å². The van der Waals surface area contributed by atoms with Crippen LogP contribution in [0.4, 0.5) is 19.0 Å². The Morgan fingerprint density at radius 3 is 2.84 bits per heavy atom. The third kappa shape index (κ3) is 2.81. The number of anilines is 1. The molecule has 4 rings (SSSR count). The number of fused-ring (bicyclic) bond motifs is 2. The molecule has 0 fully saturated rings. The summed E-state index contributed by atoms with van der Waals surface area (Å²) in [6, 6.07) is 8.91. The van der Waals surface area contributed by atoms with E-state index in [2.05, 4.69) is 33.4 Å². The number of aryl methyl sites for hydroxylation is 1. The molecule has 8 heteroatoms. The fourth-order valence-corrected chi connectivity index (χ4v) is 3.36. The van der Waals surface area contributed by atoms with Gasteiger partial charge in [-0.3, -0.25) is 0 Å². The summed E-state index contributed by atoms with van der Waals surface area (Å²) in [5, 5.41) is 7.25. The SMILES string of the molecule is CC1CCc2ccccc2C1Nc1cc(C(F)(F)F)nc2ncnn12. The van der Waals surface area contributed by atoms with Gasteiger partial charge < -0.3 is 5.32 Å². The van der Waals surface area contributed by atoms with Gasteiger partial charge in [-0.15, -0.1) is 0 Å². The number of benzene rings is 1. The van der Waals surface area contributed by atoms with Crippen LogP contribution in [0, 0.1) is 5.92 Å². The van der Waals surface area contributed by atoms with Gasteiger partial charge in [0.1, 0.15) is 12.1 Å². The summed E-state index contributed by atoms with van der Waals surface area (Å²) in [5.74, 6) is 0.438. The summed E-state index contributed by atoms with van der Waals surface area (Å²) in [6.07, 6.45) is -1.41. The lowest BCUT2D eigenvalue weighted by atomic mass is 9.81. The van der Waals surface area contributed by atoms with Gasteiger partial charge in [0.25, 0.3) is 5.78 Å². The quantitative estimate of drug-likeness (QED) is 0.764. The molecule has 1 aliphatic carbocycles. The van der Waals surface area contributed by atoms with Crippen molar-refractivity contribution in [3.8, 4) is 0 Å². The van der Waals surface area contributed by atoms with Crippen LogP contribution in [0.15, 0.2) is 36.7 Å². The lowest BCUT2D eigenvalue weighted by Crippen LogP contribution is -2.26. The number of halogens is 3. The number of aromatic nitrogens is 4. The maximum Gasteiger partial charge on any atom is 0.433 e. The van der Waals surface area contributed by atoms with Gasteiger partial charge in [0.15, 0.2) is 5.69 Å². The monoisotopic (exact) mass is 347 g/mol. The summed E-state index contributed by atoms with van der Waals surface area (Å²) in [7, 11) is 0. The summed E-state index contributed by atoms with van der Waals surface area (Å²) >= 11 is 0. The fraction of sp³-hybridized carbons (Fsp3) is 0.353. The van der Waals surface area contributed by atoms with E-state index in [0.717, 1.165) is 24.5 Å². The van der Waals surface area contributed by atoms with Crippen molar-refractivity contribution in [1.82, 2.24) is 19.6 Å². The van der Waals surface area contributed by atoms with Crippen molar-refractivity contribution in [2.75, 3.05) is 5.32 Å². The number of hydrogen-bond acceptors (Lipinski definition) is 4. The molecule has 0 spiro atoms. The van der Waals surface area contributed by atoms with Crippen LogP contribution in [0.3, 0.4) is 0 Å². The molecule has 2 unspecified atom stereocenters. The Kier molecular flexibility index (Phi) is 3.63. The Morgan fingerprint density at radius 2 is 2.04 bits per heavy atom. The van der Waals surface area contributed by atoms with Crippen LogP contribution in [0.25, 0.3) is 5.78 Å². The summed E-state index contributed by atoms with van der Waals surface area (Å²) in [6.45, 7) is 2.10. The molecule has 0 saturated carbocycles. The van der Waals surface area contributed by atoms with Gasteiger partial charge >= 0.3 is 6.18 Å². The second-order valence-electron chi connectivity index (χ2n) is 6.33. The smallest absolute Gasteiger partial charge is 0.363 e. The predicted octanol–water partition coefficient (Wildman–Crippen LogP) is 3.88. The van der Waals surface area contributed by atoms with Crippen molar-refractivity contribution in [3.63, 3.8) is 0 Å². The van der Waals surface area contributed by atoms with Crippen LogP contribution in [-0.4, -0.2) is 19.6 Å². The molecule has 0 radical (unpaired) electrons. The van der Waals surface area contributed by atoms with E-state index in [1.165, 1.54) is 16.4 Å². The van der Waals surface area contributed by atoms with Crippen LogP contribution in [0.5, 0.6) is 0 Å². The number of rotatable bonds is 2. The third-order valence-corrected chi connectivity index (χ3v) is 4.67. The maximum atomic E-state index is 13.1. The van der Waals surface area contributed by atoms with E-state index in [4.69, 9.17) is 0 Å². The molecule has 25 heavy (non-hydrogen) atoms. The highest BCUT2D eigenvalue weighted by molar-refractivity contribution is 5.49. The molecule has 1 aliphatic rings. The molecule has 3 aromatic rings. The minimum absolute atomic E-state index is 0.0749. The highest BCUT2D eigenvalue weighted by Gasteiger charge is 2.35. The topological polar surface area (TPSA) is 55.1 Å². The molecule has 2 heterocycles. The number of nitrogens with zero attached hydrogens (tertiary/aromatic N) is 4. The van der Waals surface area contributed by atoms with Crippen molar-refractivity contribution in [2.45, 2.75) is 32.0 Å². The van der Waals surface area contributed by atoms with Crippen molar-refractivity contribution in [1.29, 1.82) is 0 Å². The molecule has 0 bridgehead atoms. The number of alkyl halides is 3. The molecule has 2 atom stereocenters. The average molecular weight is 347 g/mol. The first-order chi connectivity index (χ1) is 11.9. The van der Waals surface area contributed by atoms with Crippen LogP contribution in [0.1, 0.15) is 36.2 Å². The Bertz CT molecular complexity index is 918. The first-order valence-corrected chi connectivity index (χ1v) is 8.06. The molecule has 2 aromatic heterocycles. The molecular weight excluding hydrogens is 331 g/mol. The van der Waals surface area contributed by atoms with E-state index < -0.39 is 11.9 Å². The number of nitrogens with one attached hydrogen (secondary N) is 1. The van der Waals surface area contributed by atoms with Gasteiger partial charge in [-0.25, -0.2) is 4.98 Å². The standard InChI is InChI=1S/C17H16F3N5/c1-10-6-7-11-4-2-3-5-12(11)15(10)24-14-8-13(17(18,19)20)23-16-21-9-22-25(14)16/h2-5,8-10,15,24H,6-7H2,1H3. The molecule has 5 nitrogen and oxygen atoms in total. The Balaban J connectivity index is 1.79. The molecule has 0 saturated heterocycles.